The molecule has 0 aromatic heterocycles. The van der Waals surface area contributed by atoms with Crippen LogP contribution >= 0.6 is 0 Å². The van der Waals surface area contributed by atoms with E-state index in [2.05, 4.69) is 70.2 Å². The second kappa shape index (κ2) is 5.09. The zero-order chi connectivity index (χ0) is 16.2. The van der Waals surface area contributed by atoms with Crippen LogP contribution in [-0.4, -0.2) is 18.3 Å². The highest BCUT2D eigenvalue weighted by molar-refractivity contribution is 6.55. The van der Waals surface area contributed by atoms with Crippen molar-refractivity contribution in [2.24, 2.45) is 11.8 Å². The zero-order valence-electron chi connectivity index (χ0n) is 14.5. The number of hydrogen-bond acceptors (Lipinski definition) is 2. The second-order valence-electron chi connectivity index (χ2n) is 7.98. The van der Waals surface area contributed by atoms with Crippen LogP contribution in [0.4, 0.5) is 0 Å². The van der Waals surface area contributed by atoms with Crippen LogP contribution in [0.25, 0.3) is 0 Å². The quantitative estimate of drug-likeness (QED) is 0.661. The van der Waals surface area contributed by atoms with E-state index in [1.54, 1.807) is 0 Å². The summed E-state index contributed by atoms with van der Waals surface area (Å²) in [4.78, 5) is 0. The number of allylic oxidation sites excluding steroid dienone is 10. The molecule has 1 heterocycles. The van der Waals surface area contributed by atoms with Gasteiger partial charge in [0.2, 0.25) is 0 Å². The Labute approximate surface area is 139 Å². The minimum Gasteiger partial charge on any atom is -0.400 e. The fraction of sp³-hybridized carbons (Fsp3) is 0.500. The molecule has 4 rings (SSSR count). The summed E-state index contributed by atoms with van der Waals surface area (Å²) < 4.78 is 12.7. The third-order valence-corrected chi connectivity index (χ3v) is 5.99. The topological polar surface area (TPSA) is 18.5 Å². The first-order chi connectivity index (χ1) is 10.9. The molecule has 0 amide bonds. The summed E-state index contributed by atoms with van der Waals surface area (Å²) in [6.07, 6.45) is 18.2. The summed E-state index contributed by atoms with van der Waals surface area (Å²) in [5.41, 5.74) is 3.64. The predicted octanol–water partition coefficient (Wildman–Crippen LogP) is 4.56. The van der Waals surface area contributed by atoms with Gasteiger partial charge in [-0.1, -0.05) is 42.5 Å². The Kier molecular flexibility index (Phi) is 3.37. The van der Waals surface area contributed by atoms with Crippen molar-refractivity contribution < 1.29 is 9.31 Å². The van der Waals surface area contributed by atoms with Crippen molar-refractivity contribution in [3.63, 3.8) is 0 Å². The maximum absolute atomic E-state index is 6.34. The predicted molar refractivity (Wildman–Crippen MR) is 94.8 cm³/mol. The SMILES string of the molecule is CC1(C)OB(C2=CC3=C(C=CCC3)C3C=CC=CC23)OC1(C)C. The molecule has 0 radical (unpaired) electrons. The highest BCUT2D eigenvalue weighted by Crippen LogP contribution is 2.46. The minimum absolute atomic E-state index is 0.247. The van der Waals surface area contributed by atoms with Crippen molar-refractivity contribution in [1.29, 1.82) is 0 Å². The number of fused-ring (bicyclic) bond motifs is 2. The molecule has 0 saturated carbocycles. The Morgan fingerprint density at radius 2 is 1.65 bits per heavy atom. The van der Waals surface area contributed by atoms with Gasteiger partial charge >= 0.3 is 7.12 Å². The first kappa shape index (κ1) is 15.2. The minimum atomic E-state index is -0.288. The summed E-state index contributed by atoms with van der Waals surface area (Å²) in [6.45, 7) is 8.49. The van der Waals surface area contributed by atoms with Crippen molar-refractivity contribution in [3.8, 4) is 0 Å². The lowest BCUT2D eigenvalue weighted by Gasteiger charge is -2.35. The maximum atomic E-state index is 6.34. The number of hydrogen-bond donors (Lipinski definition) is 0. The first-order valence-corrected chi connectivity index (χ1v) is 8.71. The van der Waals surface area contributed by atoms with Crippen molar-refractivity contribution in [2.75, 3.05) is 0 Å². The van der Waals surface area contributed by atoms with Crippen LogP contribution in [0.1, 0.15) is 40.5 Å². The van der Waals surface area contributed by atoms with Crippen LogP contribution in [0.3, 0.4) is 0 Å². The summed E-state index contributed by atoms with van der Waals surface area (Å²) in [5.74, 6) is 0.766. The lowest BCUT2D eigenvalue weighted by Crippen LogP contribution is -2.41. The number of rotatable bonds is 1. The summed E-state index contributed by atoms with van der Waals surface area (Å²) in [6, 6.07) is 0. The van der Waals surface area contributed by atoms with E-state index in [4.69, 9.17) is 9.31 Å². The summed E-state index contributed by atoms with van der Waals surface area (Å²) >= 11 is 0. The average Bonchev–Trinajstić information content (AvgIpc) is 2.74. The van der Waals surface area contributed by atoms with E-state index >= 15 is 0 Å². The molecule has 1 saturated heterocycles. The molecule has 0 bridgehead atoms. The van der Waals surface area contributed by atoms with Crippen molar-refractivity contribution in [1.82, 2.24) is 0 Å². The van der Waals surface area contributed by atoms with Gasteiger partial charge < -0.3 is 9.31 Å². The Hall–Kier alpha value is -1.32. The van der Waals surface area contributed by atoms with Crippen LogP contribution < -0.4 is 0 Å². The van der Waals surface area contributed by atoms with E-state index in [0.29, 0.717) is 11.8 Å². The van der Waals surface area contributed by atoms with Gasteiger partial charge in [0.25, 0.3) is 0 Å². The lowest BCUT2D eigenvalue weighted by atomic mass is 9.60. The summed E-state index contributed by atoms with van der Waals surface area (Å²) in [5, 5.41) is 0. The molecular weight excluding hydrogens is 283 g/mol. The van der Waals surface area contributed by atoms with Gasteiger partial charge in [-0.3, -0.25) is 0 Å². The fourth-order valence-electron chi connectivity index (χ4n) is 3.91. The van der Waals surface area contributed by atoms with Gasteiger partial charge in [-0.05, 0) is 57.2 Å². The molecule has 0 N–H and O–H groups in total. The standard InChI is InChI=1S/C20H25BO2/c1-19(2)20(3,4)23-21(22-19)18-13-14-9-5-6-10-15(14)16-11-7-8-12-17(16)18/h6-8,10-13,16-17H,5,9H2,1-4H3. The van der Waals surface area contributed by atoms with E-state index in [-0.39, 0.29) is 18.3 Å². The fourth-order valence-corrected chi connectivity index (χ4v) is 3.91. The first-order valence-electron chi connectivity index (χ1n) is 8.71. The average molecular weight is 308 g/mol. The van der Waals surface area contributed by atoms with Gasteiger partial charge in [-0.25, -0.2) is 0 Å². The van der Waals surface area contributed by atoms with Gasteiger partial charge in [-0.2, -0.15) is 0 Å². The third kappa shape index (κ3) is 2.33. The van der Waals surface area contributed by atoms with E-state index < -0.39 is 0 Å². The zero-order valence-corrected chi connectivity index (χ0v) is 14.5. The molecule has 23 heavy (non-hydrogen) atoms. The molecule has 2 nitrogen and oxygen atoms in total. The van der Waals surface area contributed by atoms with Gasteiger partial charge in [0.05, 0.1) is 11.2 Å². The Balaban J connectivity index is 1.75. The molecule has 2 unspecified atom stereocenters. The molecule has 4 aliphatic rings. The molecule has 3 heteroatoms. The van der Waals surface area contributed by atoms with Crippen molar-refractivity contribution in [2.45, 2.75) is 51.7 Å². The smallest absolute Gasteiger partial charge is 0.400 e. The molecule has 0 aromatic rings. The summed E-state index contributed by atoms with van der Waals surface area (Å²) in [7, 11) is -0.247. The van der Waals surface area contributed by atoms with Crippen LogP contribution in [0, 0.1) is 11.8 Å². The van der Waals surface area contributed by atoms with Gasteiger partial charge in [-0.15, -0.1) is 0 Å². The lowest BCUT2D eigenvalue weighted by molar-refractivity contribution is 0.00578. The molecule has 1 aliphatic heterocycles. The molecule has 1 fully saturated rings. The largest absolute Gasteiger partial charge is 0.491 e. The van der Waals surface area contributed by atoms with E-state index in [1.807, 2.05) is 0 Å². The van der Waals surface area contributed by atoms with Gasteiger partial charge in [0, 0.05) is 11.8 Å². The van der Waals surface area contributed by atoms with Crippen molar-refractivity contribution >= 4 is 7.12 Å². The Morgan fingerprint density at radius 3 is 2.35 bits per heavy atom. The van der Waals surface area contributed by atoms with Crippen LogP contribution in [0.15, 0.2) is 59.2 Å². The Bertz CT molecular complexity index is 660. The monoisotopic (exact) mass is 308 g/mol. The third-order valence-electron chi connectivity index (χ3n) is 5.99. The molecule has 0 aromatic carbocycles. The van der Waals surface area contributed by atoms with Gasteiger partial charge in [0.15, 0.2) is 0 Å². The van der Waals surface area contributed by atoms with E-state index in [9.17, 15) is 0 Å². The molecule has 3 aliphatic carbocycles. The molecule has 120 valence electrons. The molecule has 2 atom stereocenters. The Morgan fingerprint density at radius 1 is 1.00 bits per heavy atom. The van der Waals surface area contributed by atoms with Crippen LogP contribution in [-0.2, 0) is 9.31 Å². The van der Waals surface area contributed by atoms with Crippen LogP contribution in [0.5, 0.6) is 0 Å². The maximum Gasteiger partial charge on any atom is 0.491 e. The second-order valence-corrected chi connectivity index (χ2v) is 7.98. The molecule has 0 spiro atoms. The van der Waals surface area contributed by atoms with Crippen molar-refractivity contribution in [3.05, 3.63) is 59.2 Å². The highest BCUT2D eigenvalue weighted by Gasteiger charge is 2.54. The van der Waals surface area contributed by atoms with Gasteiger partial charge in [0.1, 0.15) is 0 Å². The van der Waals surface area contributed by atoms with Crippen LogP contribution in [0.2, 0.25) is 0 Å². The van der Waals surface area contributed by atoms with E-state index in [0.717, 1.165) is 12.8 Å². The highest BCUT2D eigenvalue weighted by atomic mass is 16.7. The van der Waals surface area contributed by atoms with E-state index in [1.165, 1.54) is 16.6 Å². The molecular formula is C20H25BO2. The normalized spacial score (nSPS) is 33.6.